The summed E-state index contributed by atoms with van der Waals surface area (Å²) in [5.74, 6) is -3.97. The highest BCUT2D eigenvalue weighted by Crippen LogP contribution is 2.55. The number of aromatic nitrogens is 2. The second kappa shape index (κ2) is 9.20. The third-order valence-electron chi connectivity index (χ3n) is 9.10. The second-order valence-corrected chi connectivity index (χ2v) is 11.5. The number of carbonyl (C=O) groups excluding carboxylic acids is 3. The quantitative estimate of drug-likeness (QED) is 0.474. The normalized spacial score (nSPS) is 25.3. The molecule has 4 aliphatic heterocycles. The molecule has 2 fully saturated rings. The van der Waals surface area contributed by atoms with Crippen molar-refractivity contribution in [3.05, 3.63) is 70.5 Å². The predicted molar refractivity (Wildman–Crippen MR) is 143 cm³/mol. The lowest BCUT2D eigenvalue weighted by Crippen LogP contribution is -2.58. The molecule has 11 heteroatoms. The van der Waals surface area contributed by atoms with Gasteiger partial charge in [-0.15, -0.1) is 0 Å². The molecule has 0 unspecified atom stereocenters. The topological polar surface area (TPSA) is 108 Å². The van der Waals surface area contributed by atoms with Gasteiger partial charge in [0.1, 0.15) is 18.4 Å². The Morgan fingerprint density at radius 1 is 1.15 bits per heavy atom. The summed E-state index contributed by atoms with van der Waals surface area (Å²) in [6.45, 7) is 2.28. The summed E-state index contributed by atoms with van der Waals surface area (Å²) in [4.78, 5) is 40.4. The van der Waals surface area contributed by atoms with Crippen molar-refractivity contribution in [3.8, 4) is 16.9 Å². The van der Waals surface area contributed by atoms with E-state index in [9.17, 15) is 14.4 Å². The summed E-state index contributed by atoms with van der Waals surface area (Å²) in [6.07, 6.45) is 2.41. The highest BCUT2D eigenvalue weighted by Gasteiger charge is 2.62. The first-order valence-electron chi connectivity index (χ1n) is 13.8. The molecule has 7 rings (SSSR count). The number of ether oxygens (including phenoxy) is 1. The Labute approximate surface area is 234 Å². The third-order valence-corrected chi connectivity index (χ3v) is 9.10. The van der Waals surface area contributed by atoms with Crippen molar-refractivity contribution in [2.45, 2.75) is 56.7 Å². The summed E-state index contributed by atoms with van der Waals surface area (Å²) >= 11 is 0. The van der Waals surface area contributed by atoms with E-state index in [1.165, 1.54) is 4.90 Å². The van der Waals surface area contributed by atoms with Crippen LogP contribution in [0.2, 0.25) is 0 Å². The maximum absolute atomic E-state index is 16.1. The standard InChI is InChI=1S/C30H29F2N5O4/c1-17-21(12-33-35-17)19-4-2-3-18(11-19)13-36-10-9-29(30(31,32)15-36)16-41-26-22-14-37(24-7-8-25(38)34-27(24)39)28(40)20(22)5-6-23(26)29/h2-6,11-12,24H,7-10,13-16H2,1H3,(H,33,35)(H,34,38,39)/t24-,29-/m0/s1. The number of likely N-dealkylation sites (tertiary alicyclic amines) is 1. The van der Waals surface area contributed by atoms with E-state index in [4.69, 9.17) is 4.74 Å². The smallest absolute Gasteiger partial charge is 0.273 e. The van der Waals surface area contributed by atoms with Gasteiger partial charge in [-0.3, -0.25) is 29.7 Å². The zero-order valence-electron chi connectivity index (χ0n) is 22.5. The minimum Gasteiger partial charge on any atom is -0.492 e. The SMILES string of the molecule is Cc1n[nH]cc1-c1cccc(CN2CC[C@@]3(COc4c3ccc3c4CN([C@H]4CCC(=O)NC4=O)C3=O)C(F)(F)C2)c1. The number of benzene rings is 2. The summed E-state index contributed by atoms with van der Waals surface area (Å²) in [7, 11) is 0. The number of amides is 3. The number of carbonyl (C=O) groups is 3. The van der Waals surface area contributed by atoms with Crippen LogP contribution in [0.25, 0.3) is 11.1 Å². The minimum atomic E-state index is -3.07. The Morgan fingerprint density at radius 3 is 2.76 bits per heavy atom. The molecule has 4 aliphatic rings. The van der Waals surface area contributed by atoms with Gasteiger partial charge in [0.25, 0.3) is 11.8 Å². The van der Waals surface area contributed by atoms with Gasteiger partial charge >= 0.3 is 0 Å². The molecule has 1 spiro atoms. The van der Waals surface area contributed by atoms with Crippen LogP contribution in [0.3, 0.4) is 0 Å². The molecule has 5 heterocycles. The van der Waals surface area contributed by atoms with Gasteiger partial charge in [0.15, 0.2) is 0 Å². The molecule has 1 aromatic heterocycles. The van der Waals surface area contributed by atoms with Crippen molar-refractivity contribution >= 4 is 17.7 Å². The lowest BCUT2D eigenvalue weighted by atomic mass is 9.71. The monoisotopic (exact) mass is 561 g/mol. The zero-order valence-corrected chi connectivity index (χ0v) is 22.5. The first-order valence-corrected chi connectivity index (χ1v) is 13.8. The summed E-state index contributed by atoms with van der Waals surface area (Å²) in [5.41, 5.74) is 3.63. The number of aryl methyl sites for hydroxylation is 1. The van der Waals surface area contributed by atoms with Crippen molar-refractivity contribution in [2.24, 2.45) is 0 Å². The molecule has 9 nitrogen and oxygen atoms in total. The average Bonchev–Trinajstić information content (AvgIpc) is 3.63. The molecule has 41 heavy (non-hydrogen) atoms. The number of imide groups is 1. The van der Waals surface area contributed by atoms with Crippen LogP contribution in [0.15, 0.2) is 42.6 Å². The van der Waals surface area contributed by atoms with Crippen molar-refractivity contribution in [1.82, 2.24) is 25.3 Å². The number of hydrogen-bond acceptors (Lipinski definition) is 6. The molecule has 0 saturated carbocycles. The third kappa shape index (κ3) is 3.97. The number of hydrogen-bond donors (Lipinski definition) is 2. The van der Waals surface area contributed by atoms with Gasteiger partial charge in [0, 0.05) is 41.4 Å². The lowest BCUT2D eigenvalue weighted by molar-refractivity contribution is -0.137. The van der Waals surface area contributed by atoms with Crippen LogP contribution in [0.4, 0.5) is 8.78 Å². The number of nitrogens with one attached hydrogen (secondary N) is 2. The number of piperidine rings is 2. The largest absolute Gasteiger partial charge is 0.492 e. The van der Waals surface area contributed by atoms with E-state index < -0.39 is 29.8 Å². The maximum Gasteiger partial charge on any atom is 0.273 e. The van der Waals surface area contributed by atoms with Gasteiger partial charge < -0.3 is 9.64 Å². The van der Waals surface area contributed by atoms with Gasteiger partial charge in [-0.1, -0.05) is 24.3 Å². The fraction of sp³-hybridized carbons (Fsp3) is 0.400. The average molecular weight is 562 g/mol. The van der Waals surface area contributed by atoms with Crippen LogP contribution in [0.1, 0.15) is 52.0 Å². The van der Waals surface area contributed by atoms with Crippen LogP contribution < -0.4 is 10.1 Å². The van der Waals surface area contributed by atoms with Crippen LogP contribution in [0.5, 0.6) is 5.75 Å². The van der Waals surface area contributed by atoms with E-state index in [2.05, 4.69) is 15.5 Å². The predicted octanol–water partition coefficient (Wildman–Crippen LogP) is 3.32. The van der Waals surface area contributed by atoms with Crippen molar-refractivity contribution in [1.29, 1.82) is 0 Å². The molecular formula is C30H29F2N5O4. The number of rotatable bonds is 4. The molecule has 0 radical (unpaired) electrons. The Balaban J connectivity index is 1.12. The number of fused-ring (bicyclic) bond motifs is 4. The second-order valence-electron chi connectivity index (χ2n) is 11.5. The molecule has 2 N–H and O–H groups in total. The van der Waals surface area contributed by atoms with E-state index in [-0.39, 0.29) is 44.2 Å². The lowest BCUT2D eigenvalue weighted by Gasteiger charge is -2.44. The summed E-state index contributed by atoms with van der Waals surface area (Å²) < 4.78 is 38.3. The highest BCUT2D eigenvalue weighted by atomic mass is 19.3. The molecule has 0 aliphatic carbocycles. The van der Waals surface area contributed by atoms with Crippen LogP contribution in [0, 0.1) is 6.92 Å². The summed E-state index contributed by atoms with van der Waals surface area (Å²) in [5, 5.41) is 9.33. The minimum absolute atomic E-state index is 0.0872. The van der Waals surface area contributed by atoms with Gasteiger partial charge in [0.05, 0.1) is 24.2 Å². The number of nitrogens with zero attached hydrogens (tertiary/aromatic N) is 3. The molecule has 3 amide bonds. The maximum atomic E-state index is 16.1. The zero-order chi connectivity index (χ0) is 28.5. The Hall–Kier alpha value is -4.12. The van der Waals surface area contributed by atoms with Crippen LogP contribution in [-0.2, 0) is 28.1 Å². The van der Waals surface area contributed by atoms with Gasteiger partial charge in [-0.25, -0.2) is 8.78 Å². The van der Waals surface area contributed by atoms with Gasteiger partial charge in [0.2, 0.25) is 11.8 Å². The van der Waals surface area contributed by atoms with Crippen molar-refractivity contribution in [3.63, 3.8) is 0 Å². The van der Waals surface area contributed by atoms with Gasteiger partial charge in [-0.05, 0) is 49.6 Å². The first kappa shape index (κ1) is 25.8. The molecule has 0 bridgehead atoms. The molecular weight excluding hydrogens is 532 g/mol. The van der Waals surface area contributed by atoms with Gasteiger partial charge in [-0.2, -0.15) is 5.10 Å². The molecule has 2 saturated heterocycles. The van der Waals surface area contributed by atoms with Crippen LogP contribution in [-0.4, -0.2) is 69.4 Å². The fourth-order valence-corrected chi connectivity index (χ4v) is 6.86. The van der Waals surface area contributed by atoms with E-state index in [0.29, 0.717) is 35.5 Å². The molecule has 3 aromatic rings. The van der Waals surface area contributed by atoms with Crippen LogP contribution >= 0.6 is 0 Å². The Morgan fingerprint density at radius 2 is 2.00 bits per heavy atom. The number of alkyl halides is 2. The molecule has 212 valence electrons. The van der Waals surface area contributed by atoms with E-state index in [1.54, 1.807) is 17.0 Å². The number of aromatic amines is 1. The Kier molecular flexibility index (Phi) is 5.79. The van der Waals surface area contributed by atoms with E-state index in [1.807, 2.05) is 37.4 Å². The fourth-order valence-electron chi connectivity index (χ4n) is 6.86. The number of H-pyrrole nitrogens is 1. The first-order chi connectivity index (χ1) is 19.7. The van der Waals surface area contributed by atoms with Crippen molar-refractivity contribution < 1.29 is 27.9 Å². The molecule has 2 aromatic carbocycles. The highest BCUT2D eigenvalue weighted by molar-refractivity contribution is 6.05. The van der Waals surface area contributed by atoms with E-state index >= 15 is 8.78 Å². The molecule has 2 atom stereocenters. The Bertz CT molecular complexity index is 1600. The summed E-state index contributed by atoms with van der Waals surface area (Å²) in [6, 6.07) is 10.3. The van der Waals surface area contributed by atoms with Crippen molar-refractivity contribution in [2.75, 3.05) is 19.7 Å². The van der Waals surface area contributed by atoms with E-state index in [0.717, 1.165) is 22.4 Å². The number of halogens is 2.